The van der Waals surface area contributed by atoms with Crippen LogP contribution < -0.4 is 0 Å². The lowest BCUT2D eigenvalue weighted by atomic mass is 9.96. The standard InChI is InChI=1S/C20H30N2O9S/c1-4-29-17(23)14-21(12-13-28-3)19(24)15-8-10-22(11-9-15)32(26,27)18-7-6-16(31-18)20(25)30-5-2/h6-7,15H,4-5,8-14H2,1-3H3. The third-order valence-corrected chi connectivity index (χ3v) is 6.73. The number of amides is 1. The maximum absolute atomic E-state index is 12.9. The minimum atomic E-state index is -3.96. The first-order valence-electron chi connectivity index (χ1n) is 10.4. The minimum absolute atomic E-state index is 0.103. The van der Waals surface area contributed by atoms with E-state index in [1.807, 2.05) is 0 Å². The zero-order chi connectivity index (χ0) is 23.7. The van der Waals surface area contributed by atoms with Crippen molar-refractivity contribution in [2.24, 2.45) is 5.92 Å². The molecule has 0 saturated carbocycles. The Morgan fingerprint density at radius 2 is 1.78 bits per heavy atom. The molecule has 0 unspecified atom stereocenters. The fourth-order valence-corrected chi connectivity index (χ4v) is 4.71. The number of rotatable bonds is 11. The molecule has 12 heteroatoms. The summed E-state index contributed by atoms with van der Waals surface area (Å²) in [6.07, 6.45) is 0.575. The molecule has 2 heterocycles. The number of hydrogen-bond acceptors (Lipinski definition) is 9. The number of ether oxygens (including phenoxy) is 3. The number of nitrogens with zero attached hydrogens (tertiary/aromatic N) is 2. The van der Waals surface area contributed by atoms with Crippen LogP contribution in [0.1, 0.15) is 37.2 Å². The van der Waals surface area contributed by atoms with Crippen molar-refractivity contribution >= 4 is 27.9 Å². The molecule has 180 valence electrons. The molecule has 2 rings (SSSR count). The lowest BCUT2D eigenvalue weighted by molar-refractivity contribution is -0.151. The van der Waals surface area contributed by atoms with Crippen molar-refractivity contribution in [1.82, 2.24) is 9.21 Å². The molecule has 1 fully saturated rings. The first-order chi connectivity index (χ1) is 15.2. The summed E-state index contributed by atoms with van der Waals surface area (Å²) >= 11 is 0. The van der Waals surface area contributed by atoms with Crippen LogP contribution in [0.15, 0.2) is 21.6 Å². The molecule has 32 heavy (non-hydrogen) atoms. The van der Waals surface area contributed by atoms with Crippen LogP contribution in [0.5, 0.6) is 0 Å². The largest absolute Gasteiger partial charge is 0.465 e. The second-order valence-electron chi connectivity index (χ2n) is 7.08. The number of methoxy groups -OCH3 is 1. The Morgan fingerprint density at radius 1 is 1.12 bits per heavy atom. The second kappa shape index (κ2) is 12.0. The van der Waals surface area contributed by atoms with E-state index in [1.54, 1.807) is 13.8 Å². The maximum atomic E-state index is 12.9. The van der Waals surface area contributed by atoms with Gasteiger partial charge in [0.15, 0.2) is 0 Å². The van der Waals surface area contributed by atoms with E-state index in [0.29, 0.717) is 0 Å². The SMILES string of the molecule is CCOC(=O)CN(CCOC)C(=O)C1CCN(S(=O)(=O)c2ccc(C(=O)OCC)o2)CC1. The topological polar surface area (TPSA) is 133 Å². The average Bonchev–Trinajstić information content (AvgIpc) is 3.28. The normalized spacial score (nSPS) is 15.3. The smallest absolute Gasteiger partial charge is 0.374 e. The number of hydrogen-bond donors (Lipinski definition) is 0. The molecule has 1 aliphatic heterocycles. The minimum Gasteiger partial charge on any atom is -0.465 e. The Hall–Kier alpha value is -2.44. The van der Waals surface area contributed by atoms with E-state index in [-0.39, 0.29) is 75.6 Å². The van der Waals surface area contributed by atoms with Crippen LogP contribution in [0.25, 0.3) is 0 Å². The molecule has 0 aliphatic carbocycles. The van der Waals surface area contributed by atoms with Gasteiger partial charge in [-0.05, 0) is 38.8 Å². The average molecular weight is 475 g/mol. The van der Waals surface area contributed by atoms with Gasteiger partial charge in [0.05, 0.1) is 19.8 Å². The van der Waals surface area contributed by atoms with E-state index in [1.165, 1.54) is 28.4 Å². The highest BCUT2D eigenvalue weighted by Crippen LogP contribution is 2.26. The summed E-state index contributed by atoms with van der Waals surface area (Å²) in [5.74, 6) is -2.11. The van der Waals surface area contributed by atoms with E-state index in [9.17, 15) is 22.8 Å². The molecule has 0 spiro atoms. The highest BCUT2D eigenvalue weighted by Gasteiger charge is 2.36. The molecule has 0 aromatic carbocycles. The van der Waals surface area contributed by atoms with Gasteiger partial charge in [-0.2, -0.15) is 4.31 Å². The predicted molar refractivity (Wildman–Crippen MR) is 111 cm³/mol. The molecular weight excluding hydrogens is 444 g/mol. The number of furan rings is 1. The molecule has 1 aromatic rings. The van der Waals surface area contributed by atoms with Crippen molar-refractivity contribution in [3.63, 3.8) is 0 Å². The lowest BCUT2D eigenvalue weighted by Crippen LogP contribution is -2.46. The van der Waals surface area contributed by atoms with Crippen molar-refractivity contribution in [2.75, 3.05) is 53.1 Å². The Morgan fingerprint density at radius 3 is 2.38 bits per heavy atom. The molecule has 0 atom stereocenters. The first kappa shape index (κ1) is 25.8. The molecule has 1 aliphatic rings. The molecule has 0 radical (unpaired) electrons. The van der Waals surface area contributed by atoms with Gasteiger partial charge in [-0.1, -0.05) is 0 Å². The number of esters is 2. The molecular formula is C20H30N2O9S. The number of piperidine rings is 1. The van der Waals surface area contributed by atoms with E-state index >= 15 is 0 Å². The Labute approximate surface area is 187 Å². The molecule has 1 amide bonds. The first-order valence-corrected chi connectivity index (χ1v) is 11.9. The van der Waals surface area contributed by atoms with Gasteiger partial charge in [0.25, 0.3) is 10.0 Å². The molecule has 11 nitrogen and oxygen atoms in total. The van der Waals surface area contributed by atoms with Gasteiger partial charge in [-0.25, -0.2) is 13.2 Å². The van der Waals surface area contributed by atoms with Gasteiger partial charge in [0, 0.05) is 32.7 Å². The zero-order valence-electron chi connectivity index (χ0n) is 18.6. The van der Waals surface area contributed by atoms with E-state index in [0.717, 1.165) is 0 Å². The van der Waals surface area contributed by atoms with Gasteiger partial charge in [0.1, 0.15) is 6.54 Å². The maximum Gasteiger partial charge on any atom is 0.374 e. The van der Waals surface area contributed by atoms with Crippen molar-refractivity contribution < 1.29 is 41.4 Å². The van der Waals surface area contributed by atoms with Crippen molar-refractivity contribution in [2.45, 2.75) is 31.8 Å². The summed E-state index contributed by atoms with van der Waals surface area (Å²) in [6, 6.07) is 2.47. The van der Waals surface area contributed by atoms with Gasteiger partial charge >= 0.3 is 11.9 Å². The molecule has 0 bridgehead atoms. The van der Waals surface area contributed by atoms with Crippen LogP contribution in [0.3, 0.4) is 0 Å². The van der Waals surface area contributed by atoms with Crippen LogP contribution in [0, 0.1) is 5.92 Å². The molecule has 0 N–H and O–H groups in total. The zero-order valence-corrected chi connectivity index (χ0v) is 19.4. The van der Waals surface area contributed by atoms with E-state index < -0.39 is 27.9 Å². The quantitative estimate of drug-likeness (QED) is 0.429. The number of sulfonamides is 1. The summed E-state index contributed by atoms with van der Waals surface area (Å²) in [4.78, 5) is 37.9. The van der Waals surface area contributed by atoms with Gasteiger partial charge in [-0.15, -0.1) is 0 Å². The van der Waals surface area contributed by atoms with Gasteiger partial charge in [0.2, 0.25) is 16.8 Å². The van der Waals surface area contributed by atoms with Crippen molar-refractivity contribution in [3.05, 3.63) is 17.9 Å². The third kappa shape index (κ3) is 6.53. The Kier molecular flexibility index (Phi) is 9.66. The number of carbonyl (C=O) groups is 3. The number of carbonyl (C=O) groups excluding carboxylic acids is 3. The highest BCUT2D eigenvalue weighted by atomic mass is 32.2. The van der Waals surface area contributed by atoms with E-state index in [2.05, 4.69) is 0 Å². The Balaban J connectivity index is 2.01. The summed E-state index contributed by atoms with van der Waals surface area (Å²) < 4.78 is 46.9. The van der Waals surface area contributed by atoms with Crippen LogP contribution in [-0.2, 0) is 33.8 Å². The summed E-state index contributed by atoms with van der Waals surface area (Å²) in [7, 11) is -2.46. The summed E-state index contributed by atoms with van der Waals surface area (Å²) in [5, 5.41) is -0.352. The Bertz CT molecular complexity index is 889. The van der Waals surface area contributed by atoms with Crippen molar-refractivity contribution in [3.8, 4) is 0 Å². The third-order valence-electron chi connectivity index (χ3n) is 4.96. The van der Waals surface area contributed by atoms with Gasteiger partial charge < -0.3 is 23.5 Å². The summed E-state index contributed by atoms with van der Waals surface area (Å²) in [5.41, 5.74) is 0. The molecule has 1 saturated heterocycles. The van der Waals surface area contributed by atoms with Crippen LogP contribution in [-0.4, -0.2) is 88.6 Å². The van der Waals surface area contributed by atoms with Gasteiger partial charge in [-0.3, -0.25) is 9.59 Å². The van der Waals surface area contributed by atoms with Crippen molar-refractivity contribution in [1.29, 1.82) is 0 Å². The fraction of sp³-hybridized carbons (Fsp3) is 0.650. The van der Waals surface area contributed by atoms with Crippen LogP contribution in [0.4, 0.5) is 0 Å². The van der Waals surface area contributed by atoms with Crippen LogP contribution in [0.2, 0.25) is 0 Å². The van der Waals surface area contributed by atoms with E-state index in [4.69, 9.17) is 18.6 Å². The highest BCUT2D eigenvalue weighted by molar-refractivity contribution is 7.89. The monoisotopic (exact) mass is 474 g/mol. The fourth-order valence-electron chi connectivity index (χ4n) is 3.33. The lowest BCUT2D eigenvalue weighted by Gasteiger charge is -2.32. The molecule has 1 aromatic heterocycles. The predicted octanol–water partition coefficient (Wildman–Crippen LogP) is 0.895. The summed E-state index contributed by atoms with van der Waals surface area (Å²) in [6.45, 7) is 4.19. The van der Waals surface area contributed by atoms with Crippen LogP contribution >= 0.6 is 0 Å². The second-order valence-corrected chi connectivity index (χ2v) is 8.94.